The fourth-order valence-corrected chi connectivity index (χ4v) is 2.45. The van der Waals surface area contributed by atoms with E-state index < -0.39 is 5.97 Å². The normalized spacial score (nSPS) is 18.6. The van der Waals surface area contributed by atoms with Gasteiger partial charge in [0, 0.05) is 24.9 Å². The molecule has 0 saturated carbocycles. The van der Waals surface area contributed by atoms with Gasteiger partial charge >= 0.3 is 5.97 Å². The summed E-state index contributed by atoms with van der Waals surface area (Å²) in [6.45, 7) is 0.639. The summed E-state index contributed by atoms with van der Waals surface area (Å²) in [6.07, 6.45) is 2.83. The fraction of sp³-hybridized carbons (Fsp3) is 0.333. The second-order valence-electron chi connectivity index (χ2n) is 4.36. The van der Waals surface area contributed by atoms with Gasteiger partial charge in [-0.2, -0.15) is 0 Å². The number of imidazole rings is 1. The van der Waals surface area contributed by atoms with Crippen LogP contribution in [0.25, 0.3) is 11.6 Å². The SMILES string of the molecule is O=C(O)C1CCn2c(cnc2-c2ccc(Cl)o2)C1. The van der Waals surface area contributed by atoms with Crippen LogP contribution in [0, 0.1) is 5.92 Å². The van der Waals surface area contributed by atoms with Crippen molar-refractivity contribution >= 4 is 17.6 Å². The maximum Gasteiger partial charge on any atom is 0.306 e. The average molecular weight is 267 g/mol. The lowest BCUT2D eigenvalue weighted by atomic mass is 9.96. The molecule has 1 unspecified atom stereocenters. The third-order valence-electron chi connectivity index (χ3n) is 3.24. The average Bonchev–Trinajstić information content (AvgIpc) is 2.93. The first-order valence-corrected chi connectivity index (χ1v) is 6.06. The summed E-state index contributed by atoms with van der Waals surface area (Å²) >= 11 is 5.74. The van der Waals surface area contributed by atoms with Crippen molar-refractivity contribution in [1.29, 1.82) is 0 Å². The summed E-state index contributed by atoms with van der Waals surface area (Å²) in [5.74, 6) is 0.257. The van der Waals surface area contributed by atoms with Gasteiger partial charge in [0.25, 0.3) is 0 Å². The summed E-state index contributed by atoms with van der Waals surface area (Å²) in [5, 5.41) is 9.35. The number of carboxylic acid groups (broad SMARTS) is 1. The van der Waals surface area contributed by atoms with E-state index in [0.717, 1.165) is 5.69 Å². The molecule has 0 bridgehead atoms. The number of nitrogens with zero attached hydrogens (tertiary/aromatic N) is 2. The lowest BCUT2D eigenvalue weighted by Gasteiger charge is -2.21. The standard InChI is InChI=1S/C12H11ClN2O3/c13-10-2-1-9(18-10)11-14-6-8-5-7(12(16)17)3-4-15(8)11/h1-2,6-7H,3-5H2,(H,16,17). The third-order valence-corrected chi connectivity index (χ3v) is 3.44. The molecule has 0 aliphatic carbocycles. The molecule has 0 amide bonds. The molecule has 0 aromatic carbocycles. The van der Waals surface area contributed by atoms with Gasteiger partial charge in [-0.15, -0.1) is 0 Å². The molecule has 3 rings (SSSR count). The first kappa shape index (κ1) is 11.3. The Morgan fingerprint density at radius 1 is 1.56 bits per heavy atom. The second-order valence-corrected chi connectivity index (χ2v) is 4.73. The number of furan rings is 1. The Morgan fingerprint density at radius 3 is 3.06 bits per heavy atom. The minimum atomic E-state index is -0.745. The van der Waals surface area contributed by atoms with E-state index in [1.54, 1.807) is 18.3 Å². The van der Waals surface area contributed by atoms with Crippen molar-refractivity contribution in [2.75, 3.05) is 0 Å². The van der Waals surface area contributed by atoms with E-state index in [9.17, 15) is 4.79 Å². The van der Waals surface area contributed by atoms with Crippen molar-refractivity contribution < 1.29 is 14.3 Å². The van der Waals surface area contributed by atoms with Crippen molar-refractivity contribution in [3.63, 3.8) is 0 Å². The highest BCUT2D eigenvalue weighted by Gasteiger charge is 2.27. The maximum absolute atomic E-state index is 11.0. The van der Waals surface area contributed by atoms with E-state index in [1.807, 2.05) is 4.57 Å². The van der Waals surface area contributed by atoms with Crippen LogP contribution < -0.4 is 0 Å². The Bertz CT molecular complexity index is 602. The van der Waals surface area contributed by atoms with Crippen molar-refractivity contribution in [2.45, 2.75) is 19.4 Å². The third kappa shape index (κ3) is 1.80. The number of fused-ring (bicyclic) bond motifs is 1. The van der Waals surface area contributed by atoms with Gasteiger partial charge in [-0.05, 0) is 30.2 Å². The van der Waals surface area contributed by atoms with Crippen LogP contribution in [0.3, 0.4) is 0 Å². The van der Waals surface area contributed by atoms with Crippen LogP contribution in [-0.2, 0) is 17.8 Å². The molecular weight excluding hydrogens is 256 g/mol. The zero-order chi connectivity index (χ0) is 12.7. The molecule has 2 aromatic heterocycles. The molecule has 0 saturated heterocycles. The van der Waals surface area contributed by atoms with Gasteiger partial charge in [-0.25, -0.2) is 4.98 Å². The second kappa shape index (κ2) is 4.17. The lowest BCUT2D eigenvalue weighted by molar-refractivity contribution is -0.142. The van der Waals surface area contributed by atoms with Crippen LogP contribution >= 0.6 is 11.6 Å². The predicted molar refractivity (Wildman–Crippen MR) is 64.4 cm³/mol. The molecule has 3 heterocycles. The van der Waals surface area contributed by atoms with E-state index in [0.29, 0.717) is 36.2 Å². The molecule has 1 aliphatic rings. The minimum Gasteiger partial charge on any atom is -0.481 e. The predicted octanol–water partition coefficient (Wildman–Crippen LogP) is 2.44. The van der Waals surface area contributed by atoms with Gasteiger partial charge in [0.15, 0.2) is 16.8 Å². The van der Waals surface area contributed by atoms with Crippen LogP contribution in [0.2, 0.25) is 5.22 Å². The van der Waals surface area contributed by atoms with Crippen LogP contribution in [-0.4, -0.2) is 20.6 Å². The molecule has 94 valence electrons. The summed E-state index contributed by atoms with van der Waals surface area (Å²) in [5.41, 5.74) is 0.927. The molecule has 1 N–H and O–H groups in total. The fourth-order valence-electron chi connectivity index (χ4n) is 2.30. The zero-order valence-corrected chi connectivity index (χ0v) is 10.2. The van der Waals surface area contributed by atoms with E-state index in [4.69, 9.17) is 21.1 Å². The summed E-state index contributed by atoms with van der Waals surface area (Å²) in [6, 6.07) is 3.43. The number of hydrogen-bond acceptors (Lipinski definition) is 3. The molecule has 1 aliphatic heterocycles. The van der Waals surface area contributed by atoms with Crippen LogP contribution in [0.15, 0.2) is 22.7 Å². The van der Waals surface area contributed by atoms with E-state index in [-0.39, 0.29) is 5.92 Å². The highest BCUT2D eigenvalue weighted by molar-refractivity contribution is 6.28. The summed E-state index contributed by atoms with van der Waals surface area (Å²) in [4.78, 5) is 15.3. The molecule has 0 spiro atoms. The molecule has 6 heteroatoms. The zero-order valence-electron chi connectivity index (χ0n) is 9.47. The Hall–Kier alpha value is -1.75. The van der Waals surface area contributed by atoms with Crippen molar-refractivity contribution in [3.8, 4) is 11.6 Å². The van der Waals surface area contributed by atoms with Crippen LogP contribution in [0.1, 0.15) is 12.1 Å². The molecule has 0 fully saturated rings. The van der Waals surface area contributed by atoms with E-state index in [2.05, 4.69) is 4.98 Å². The Morgan fingerprint density at radius 2 is 2.39 bits per heavy atom. The molecule has 0 radical (unpaired) electrons. The summed E-state index contributed by atoms with van der Waals surface area (Å²) < 4.78 is 7.33. The minimum absolute atomic E-state index is 0.317. The van der Waals surface area contributed by atoms with E-state index in [1.165, 1.54) is 0 Å². The number of halogens is 1. The molecule has 5 nitrogen and oxygen atoms in total. The van der Waals surface area contributed by atoms with Crippen molar-refractivity contribution in [3.05, 3.63) is 29.2 Å². The van der Waals surface area contributed by atoms with Crippen LogP contribution in [0.5, 0.6) is 0 Å². The van der Waals surface area contributed by atoms with Gasteiger partial charge in [0.1, 0.15) is 0 Å². The number of carboxylic acids is 1. The number of hydrogen-bond donors (Lipinski definition) is 1. The molecule has 2 aromatic rings. The number of aromatic nitrogens is 2. The summed E-state index contributed by atoms with van der Waals surface area (Å²) in [7, 11) is 0. The molecule has 1 atom stereocenters. The Balaban J connectivity index is 1.95. The van der Waals surface area contributed by atoms with Gasteiger partial charge in [-0.1, -0.05) is 0 Å². The van der Waals surface area contributed by atoms with Crippen molar-refractivity contribution in [2.24, 2.45) is 5.92 Å². The topological polar surface area (TPSA) is 68.3 Å². The highest BCUT2D eigenvalue weighted by atomic mass is 35.5. The Labute approximate surface area is 108 Å². The van der Waals surface area contributed by atoms with Gasteiger partial charge < -0.3 is 14.1 Å². The number of carbonyl (C=O) groups is 1. The van der Waals surface area contributed by atoms with Crippen LogP contribution in [0.4, 0.5) is 0 Å². The number of aliphatic carboxylic acids is 1. The quantitative estimate of drug-likeness (QED) is 0.906. The number of rotatable bonds is 2. The monoisotopic (exact) mass is 266 g/mol. The van der Waals surface area contributed by atoms with Gasteiger partial charge in [-0.3, -0.25) is 4.79 Å². The first-order chi connectivity index (χ1) is 8.65. The van der Waals surface area contributed by atoms with Gasteiger partial charge in [0.2, 0.25) is 0 Å². The molecule has 18 heavy (non-hydrogen) atoms. The maximum atomic E-state index is 11.0. The van der Waals surface area contributed by atoms with Gasteiger partial charge in [0.05, 0.1) is 5.92 Å². The van der Waals surface area contributed by atoms with Crippen molar-refractivity contribution in [1.82, 2.24) is 9.55 Å². The smallest absolute Gasteiger partial charge is 0.306 e. The lowest BCUT2D eigenvalue weighted by Crippen LogP contribution is -2.25. The molecular formula is C12H11ClN2O3. The largest absolute Gasteiger partial charge is 0.481 e. The van der Waals surface area contributed by atoms with E-state index >= 15 is 0 Å². The Kier molecular flexibility index (Phi) is 2.63. The first-order valence-electron chi connectivity index (χ1n) is 5.68. The highest BCUT2D eigenvalue weighted by Crippen LogP contribution is 2.29.